The Labute approximate surface area is 580 Å². The van der Waals surface area contributed by atoms with Crippen molar-refractivity contribution in [3.63, 3.8) is 0 Å². The molecule has 0 heterocycles. The van der Waals surface area contributed by atoms with Gasteiger partial charge in [0.05, 0.1) is 39.9 Å². The molecule has 0 fully saturated rings. The van der Waals surface area contributed by atoms with Gasteiger partial charge in [-0.25, -0.2) is 0 Å². The zero-order chi connectivity index (χ0) is 67.6. The molecule has 3 atom stereocenters. The Kier molecular flexibility index (Phi) is 72.5. The van der Waals surface area contributed by atoms with Gasteiger partial charge in [0.2, 0.25) is 5.91 Å². The molecule has 3 unspecified atom stereocenters. The molecule has 0 aromatic carbocycles. The molecule has 0 saturated heterocycles. The zero-order valence-electron chi connectivity index (χ0n) is 62.7. The summed E-state index contributed by atoms with van der Waals surface area (Å²) in [6.45, 7) is 4.57. The molecule has 0 radical (unpaired) electrons. The van der Waals surface area contributed by atoms with Crippen LogP contribution in [0.25, 0.3) is 0 Å². The first-order valence-corrected chi connectivity index (χ1v) is 42.3. The van der Waals surface area contributed by atoms with Crippen LogP contribution in [0.3, 0.4) is 0 Å². The number of unbranched alkanes of at least 4 members (excludes halogenated alkanes) is 53. The van der Waals surface area contributed by atoms with Crippen LogP contribution in [0.15, 0.2) is 72.9 Å². The number of hydrogen-bond donors (Lipinski definition) is 2. The predicted molar refractivity (Wildman–Crippen MR) is 408 cm³/mol. The van der Waals surface area contributed by atoms with Gasteiger partial charge >= 0.3 is 0 Å². The number of nitrogens with one attached hydrogen (secondary N) is 1. The van der Waals surface area contributed by atoms with Crippen molar-refractivity contribution in [1.82, 2.24) is 5.32 Å². The lowest BCUT2D eigenvalue weighted by Crippen LogP contribution is -2.45. The largest absolute Gasteiger partial charge is 0.756 e. The molecule has 0 spiro atoms. The van der Waals surface area contributed by atoms with Crippen LogP contribution < -0.4 is 10.2 Å². The summed E-state index contributed by atoms with van der Waals surface area (Å²) in [5.41, 5.74) is 0. The van der Waals surface area contributed by atoms with E-state index in [4.69, 9.17) is 9.05 Å². The van der Waals surface area contributed by atoms with Gasteiger partial charge in [0.25, 0.3) is 7.82 Å². The van der Waals surface area contributed by atoms with Gasteiger partial charge in [-0.05, 0) is 70.6 Å². The minimum atomic E-state index is -4.62. The van der Waals surface area contributed by atoms with Crippen molar-refractivity contribution in [2.45, 2.75) is 418 Å². The van der Waals surface area contributed by atoms with E-state index in [9.17, 15) is 19.4 Å². The van der Waals surface area contributed by atoms with Crippen LogP contribution in [-0.4, -0.2) is 68.5 Å². The highest BCUT2D eigenvalue weighted by atomic mass is 31.2. The van der Waals surface area contributed by atoms with E-state index in [1.54, 1.807) is 6.08 Å². The third-order valence-electron chi connectivity index (χ3n) is 18.7. The fraction of sp³-hybridized carbons (Fsp3) is 0.845. The van der Waals surface area contributed by atoms with Crippen LogP contribution in [0, 0.1) is 0 Å². The summed E-state index contributed by atoms with van der Waals surface area (Å²) in [4.78, 5) is 25.7. The van der Waals surface area contributed by atoms with Crippen LogP contribution in [0.2, 0.25) is 0 Å². The Hall–Kier alpha value is -2.06. The molecule has 546 valence electrons. The fourth-order valence-corrected chi connectivity index (χ4v) is 13.1. The third-order valence-corrected chi connectivity index (χ3v) is 19.6. The summed E-state index contributed by atoms with van der Waals surface area (Å²) in [5, 5.41) is 14.0. The Bertz CT molecular complexity index is 1750. The average Bonchev–Trinajstić information content (AvgIpc) is 1.94. The fourth-order valence-electron chi connectivity index (χ4n) is 12.4. The van der Waals surface area contributed by atoms with E-state index in [-0.39, 0.29) is 12.5 Å². The van der Waals surface area contributed by atoms with Gasteiger partial charge in [-0.15, -0.1) is 0 Å². The second kappa shape index (κ2) is 74.2. The number of carbonyl (C=O) groups excluding carboxylic acids is 1. The smallest absolute Gasteiger partial charge is 0.268 e. The molecular formula is C84H159N2O6P. The highest BCUT2D eigenvalue weighted by Gasteiger charge is 2.23. The van der Waals surface area contributed by atoms with Gasteiger partial charge in [-0.1, -0.05) is 401 Å². The van der Waals surface area contributed by atoms with Crippen molar-refractivity contribution in [3.8, 4) is 0 Å². The third kappa shape index (κ3) is 77.2. The number of likely N-dealkylation sites (N-methyl/N-ethyl adjacent to an activating group) is 1. The molecule has 0 saturated carbocycles. The SMILES string of the molecule is CC/C=C\C/C=C\C/C=C\C/C=C\CCCCCCCCCCCCCCCCCCCCCCCCCCCCC(=O)NC(COP(=O)([O-])OCC[N+](C)(C)C)C(O)/C=C/CC/C=C/CCCCCCCCCCCCCCCCCCCCCCCCCCCC. The lowest BCUT2D eigenvalue weighted by Gasteiger charge is -2.29. The minimum Gasteiger partial charge on any atom is -0.756 e. The summed E-state index contributed by atoms with van der Waals surface area (Å²) in [6.07, 6.45) is 105. The quantitative estimate of drug-likeness (QED) is 0.0272. The molecule has 93 heavy (non-hydrogen) atoms. The van der Waals surface area contributed by atoms with E-state index in [0.29, 0.717) is 17.4 Å². The van der Waals surface area contributed by atoms with Crippen LogP contribution >= 0.6 is 7.82 Å². The number of phosphoric acid groups is 1. The summed E-state index contributed by atoms with van der Waals surface area (Å²) in [7, 11) is 1.26. The molecule has 0 aliphatic heterocycles. The number of phosphoric ester groups is 1. The first-order valence-electron chi connectivity index (χ1n) is 40.8. The highest BCUT2D eigenvalue weighted by molar-refractivity contribution is 7.45. The standard InChI is InChI=1S/C84H159N2O6P/c1-6-8-10-12-14-16-18-20-22-24-26-28-30-32-34-36-38-40-41-42-43-44-45-46-48-50-52-54-56-58-60-62-64-66-68-70-72-74-76-78-84(88)85-82(81-92-93(89,90)91-80-79-86(3,4)5)83(87)77-75-73-71-69-67-65-63-61-59-57-55-53-51-49-47-39-37-35-33-31-29-27-25-23-21-19-17-15-13-11-9-7-2/h8,10,14,16,20,22,26,28,67,69,75,77,82-83,87H,6-7,9,11-13,15,17-19,21,23-25,27,29-66,68,70-74,76,78-81H2,1-5H3,(H-,85,88,89,90)/b10-8-,16-14-,22-20-,28-26-,69-67+,77-75+. The maximum absolute atomic E-state index is 13.1. The van der Waals surface area contributed by atoms with E-state index in [1.807, 2.05) is 27.2 Å². The van der Waals surface area contributed by atoms with Crippen LogP contribution in [0.4, 0.5) is 0 Å². The number of allylic oxidation sites excluding steroid dienone is 11. The van der Waals surface area contributed by atoms with Gasteiger partial charge in [0, 0.05) is 6.42 Å². The average molecular weight is 1320 g/mol. The topological polar surface area (TPSA) is 108 Å². The molecule has 1 amide bonds. The summed E-state index contributed by atoms with van der Waals surface area (Å²) in [6, 6.07) is -0.906. The molecule has 0 rings (SSSR count). The number of carbonyl (C=O) groups is 1. The number of quaternary nitrogens is 1. The lowest BCUT2D eigenvalue weighted by atomic mass is 10.0. The number of nitrogens with zero attached hydrogens (tertiary/aromatic N) is 1. The van der Waals surface area contributed by atoms with Crippen LogP contribution in [0.5, 0.6) is 0 Å². The predicted octanol–water partition coefficient (Wildman–Crippen LogP) is 26.2. The number of amides is 1. The van der Waals surface area contributed by atoms with Crippen LogP contribution in [0.1, 0.15) is 406 Å². The second-order valence-corrected chi connectivity index (χ2v) is 30.5. The van der Waals surface area contributed by atoms with Crippen molar-refractivity contribution in [1.29, 1.82) is 0 Å². The van der Waals surface area contributed by atoms with Gasteiger partial charge < -0.3 is 28.8 Å². The molecule has 0 aliphatic carbocycles. The molecule has 0 aromatic rings. The maximum Gasteiger partial charge on any atom is 0.268 e. The summed E-state index contributed by atoms with van der Waals surface area (Å²) >= 11 is 0. The van der Waals surface area contributed by atoms with Crippen molar-refractivity contribution in [3.05, 3.63) is 72.9 Å². The molecule has 8 nitrogen and oxygen atoms in total. The van der Waals surface area contributed by atoms with Crippen LogP contribution in [-0.2, 0) is 18.4 Å². The minimum absolute atomic E-state index is 0.00552. The molecular weight excluding hydrogens is 1160 g/mol. The summed E-state index contributed by atoms with van der Waals surface area (Å²) in [5.74, 6) is -0.199. The number of aliphatic hydroxyl groups is 1. The molecule has 0 aromatic heterocycles. The normalized spacial score (nSPS) is 13.8. The van der Waals surface area contributed by atoms with Gasteiger partial charge in [0.15, 0.2) is 0 Å². The first kappa shape index (κ1) is 90.9. The van der Waals surface area contributed by atoms with E-state index in [0.717, 1.165) is 64.2 Å². The van der Waals surface area contributed by atoms with E-state index in [2.05, 4.69) is 79.9 Å². The molecule has 0 aliphatic rings. The number of rotatable bonds is 76. The number of aliphatic hydroxyl groups excluding tert-OH is 1. The van der Waals surface area contributed by atoms with Gasteiger partial charge in [0.1, 0.15) is 13.2 Å². The Balaban J connectivity index is 3.96. The lowest BCUT2D eigenvalue weighted by molar-refractivity contribution is -0.870. The zero-order valence-corrected chi connectivity index (χ0v) is 63.6. The second-order valence-electron chi connectivity index (χ2n) is 29.1. The van der Waals surface area contributed by atoms with Crippen molar-refractivity contribution >= 4 is 13.7 Å². The van der Waals surface area contributed by atoms with Gasteiger partial charge in [-0.2, -0.15) is 0 Å². The molecule has 2 N–H and O–H groups in total. The Morgan fingerprint density at radius 1 is 0.387 bits per heavy atom. The molecule has 0 bridgehead atoms. The van der Waals surface area contributed by atoms with E-state index < -0.39 is 26.6 Å². The van der Waals surface area contributed by atoms with Crippen molar-refractivity contribution in [2.75, 3.05) is 40.9 Å². The van der Waals surface area contributed by atoms with Gasteiger partial charge in [-0.3, -0.25) is 9.36 Å². The maximum atomic E-state index is 13.1. The molecule has 9 heteroatoms. The Morgan fingerprint density at radius 3 is 1.00 bits per heavy atom. The van der Waals surface area contributed by atoms with E-state index >= 15 is 0 Å². The monoisotopic (exact) mass is 1320 g/mol. The number of hydrogen-bond acceptors (Lipinski definition) is 6. The van der Waals surface area contributed by atoms with E-state index in [1.165, 1.54) is 321 Å². The van der Waals surface area contributed by atoms with Crippen molar-refractivity contribution in [2.24, 2.45) is 0 Å². The highest BCUT2D eigenvalue weighted by Crippen LogP contribution is 2.38. The van der Waals surface area contributed by atoms with Crippen molar-refractivity contribution < 1.29 is 32.9 Å². The Morgan fingerprint density at radius 2 is 0.667 bits per heavy atom. The first-order chi connectivity index (χ1) is 45.5. The summed E-state index contributed by atoms with van der Waals surface area (Å²) < 4.78 is 23.5.